The lowest BCUT2D eigenvalue weighted by Crippen LogP contribution is -2.56. The molecule has 0 saturated heterocycles. The molecule has 0 heterocycles. The van der Waals surface area contributed by atoms with Crippen LogP contribution in [0.1, 0.15) is 78.1 Å². The molecule has 140 valence electrons. The van der Waals surface area contributed by atoms with Gasteiger partial charge in [0.25, 0.3) is 0 Å². The molecule has 0 aromatic carbocycles. The third kappa shape index (κ3) is 2.53. The fourth-order valence-electron chi connectivity index (χ4n) is 8.01. The molecule has 4 rings (SSSR count). The predicted molar refractivity (Wildman–Crippen MR) is 101 cm³/mol. The van der Waals surface area contributed by atoms with Gasteiger partial charge in [-0.05, 0) is 92.3 Å². The van der Waals surface area contributed by atoms with Gasteiger partial charge < -0.3 is 9.84 Å². The summed E-state index contributed by atoms with van der Waals surface area (Å²) in [6.45, 7) is 5.06. The summed E-state index contributed by atoms with van der Waals surface area (Å²) in [5.74, 6) is 5.95. The maximum absolute atomic E-state index is 10.9. The number of hydrogen-bond acceptors (Lipinski definition) is 2. The molecule has 0 bridgehead atoms. The van der Waals surface area contributed by atoms with Gasteiger partial charge in [0.15, 0.2) is 0 Å². The van der Waals surface area contributed by atoms with Crippen molar-refractivity contribution in [2.45, 2.75) is 89.8 Å². The molecule has 2 heteroatoms. The van der Waals surface area contributed by atoms with Gasteiger partial charge in [0.2, 0.25) is 0 Å². The van der Waals surface area contributed by atoms with Crippen LogP contribution >= 0.6 is 0 Å². The fraction of sp³-hybridized carbons (Fsp3) is 0.913. The largest absolute Gasteiger partial charge is 0.389 e. The monoisotopic (exact) mass is 344 g/mol. The zero-order valence-corrected chi connectivity index (χ0v) is 16.4. The zero-order valence-electron chi connectivity index (χ0n) is 16.4. The molecule has 0 aromatic rings. The van der Waals surface area contributed by atoms with Crippen LogP contribution in [0.3, 0.4) is 0 Å². The van der Waals surface area contributed by atoms with Crippen molar-refractivity contribution in [3.8, 4) is 12.3 Å². The molecule has 0 amide bonds. The van der Waals surface area contributed by atoms with Crippen molar-refractivity contribution >= 4 is 0 Å². The number of hydrogen-bond donors (Lipinski definition) is 1. The van der Waals surface area contributed by atoms with Crippen molar-refractivity contribution in [2.24, 2.45) is 34.5 Å². The molecule has 3 unspecified atom stereocenters. The lowest BCUT2D eigenvalue weighted by molar-refractivity contribution is -0.155. The molecule has 0 aliphatic heterocycles. The van der Waals surface area contributed by atoms with Crippen LogP contribution in [0.4, 0.5) is 0 Å². The molecule has 2 nitrogen and oxygen atoms in total. The highest BCUT2D eigenvalue weighted by Crippen LogP contribution is 2.67. The van der Waals surface area contributed by atoms with Crippen LogP contribution in [0, 0.1) is 46.8 Å². The minimum Gasteiger partial charge on any atom is -0.389 e. The molecule has 8 atom stereocenters. The van der Waals surface area contributed by atoms with Crippen LogP contribution in [0.15, 0.2) is 0 Å². The van der Waals surface area contributed by atoms with Crippen molar-refractivity contribution in [3.05, 3.63) is 0 Å². The van der Waals surface area contributed by atoms with Crippen LogP contribution in [0.2, 0.25) is 0 Å². The maximum Gasteiger partial charge on any atom is 0.0759 e. The number of fused-ring (bicyclic) bond motifs is 5. The first-order valence-corrected chi connectivity index (χ1v) is 10.5. The molecule has 4 aliphatic rings. The molecule has 0 aromatic heterocycles. The van der Waals surface area contributed by atoms with E-state index in [4.69, 9.17) is 11.2 Å². The van der Waals surface area contributed by atoms with E-state index in [0.29, 0.717) is 29.3 Å². The lowest BCUT2D eigenvalue weighted by Gasteiger charge is -2.62. The van der Waals surface area contributed by atoms with Crippen LogP contribution < -0.4 is 0 Å². The Morgan fingerprint density at radius 2 is 1.76 bits per heavy atom. The first-order chi connectivity index (χ1) is 11.9. The fourth-order valence-corrected chi connectivity index (χ4v) is 8.01. The quantitative estimate of drug-likeness (QED) is 0.729. The summed E-state index contributed by atoms with van der Waals surface area (Å²) in [4.78, 5) is 0. The summed E-state index contributed by atoms with van der Waals surface area (Å²) in [5, 5.41) is 10.9. The van der Waals surface area contributed by atoms with Crippen LogP contribution in [-0.4, -0.2) is 23.9 Å². The summed E-state index contributed by atoms with van der Waals surface area (Å²) in [6.07, 6.45) is 17.5. The SMILES string of the molecule is C#CCC1(O)CC[C@@]2(C)C(CC[C@@H]3[C@H]2CC[C@]2(C)C(OC)CC[C@@H]32)C1. The lowest BCUT2D eigenvalue weighted by atomic mass is 9.44. The van der Waals surface area contributed by atoms with Crippen molar-refractivity contribution in [2.75, 3.05) is 7.11 Å². The molecule has 1 N–H and O–H groups in total. The highest BCUT2D eigenvalue weighted by Gasteiger charge is 2.61. The van der Waals surface area contributed by atoms with E-state index in [-0.39, 0.29) is 0 Å². The van der Waals surface area contributed by atoms with E-state index in [1.54, 1.807) is 0 Å². The number of terminal acetylenes is 1. The van der Waals surface area contributed by atoms with Gasteiger partial charge in [0.1, 0.15) is 0 Å². The molecule has 25 heavy (non-hydrogen) atoms. The standard InChI is InChI=1S/C23H36O2/c1-5-11-23(24)14-13-21(2)16(15-23)6-7-17-18-8-9-20(25-4)22(18,3)12-10-19(17)21/h1,16-20,24H,6-15H2,2-4H3/t16?,17-,18-,19+,20?,21-,22-,23?/m0/s1. The Balaban J connectivity index is 1.57. The molecule has 4 fully saturated rings. The van der Waals surface area contributed by atoms with E-state index in [1.807, 2.05) is 7.11 Å². The molecule has 0 radical (unpaired) electrons. The van der Waals surface area contributed by atoms with E-state index in [2.05, 4.69) is 19.8 Å². The van der Waals surface area contributed by atoms with Crippen molar-refractivity contribution < 1.29 is 9.84 Å². The molecular formula is C23H36O2. The predicted octanol–water partition coefficient (Wildman–Crippen LogP) is 4.80. The number of methoxy groups -OCH3 is 1. The van der Waals surface area contributed by atoms with Gasteiger partial charge >= 0.3 is 0 Å². The first-order valence-electron chi connectivity index (χ1n) is 10.5. The molecule has 0 spiro atoms. The Bertz CT molecular complexity index is 565. The third-order valence-electron chi connectivity index (χ3n) is 9.45. The summed E-state index contributed by atoms with van der Waals surface area (Å²) in [5.41, 5.74) is 0.220. The van der Waals surface area contributed by atoms with E-state index in [9.17, 15) is 5.11 Å². The topological polar surface area (TPSA) is 29.5 Å². The Labute approximate surface area is 154 Å². The van der Waals surface area contributed by atoms with E-state index >= 15 is 0 Å². The van der Waals surface area contributed by atoms with Gasteiger partial charge in [-0.25, -0.2) is 0 Å². The summed E-state index contributed by atoms with van der Waals surface area (Å²) >= 11 is 0. The van der Waals surface area contributed by atoms with Crippen molar-refractivity contribution in [1.82, 2.24) is 0 Å². The second-order valence-electron chi connectivity index (χ2n) is 10.3. The van der Waals surface area contributed by atoms with Crippen molar-refractivity contribution in [3.63, 3.8) is 0 Å². The van der Waals surface area contributed by atoms with Crippen LogP contribution in [-0.2, 0) is 4.74 Å². The van der Waals surface area contributed by atoms with Gasteiger partial charge in [-0.15, -0.1) is 12.3 Å². The van der Waals surface area contributed by atoms with Gasteiger partial charge in [-0.3, -0.25) is 0 Å². The Morgan fingerprint density at radius 3 is 2.48 bits per heavy atom. The second-order valence-corrected chi connectivity index (χ2v) is 10.3. The van der Waals surface area contributed by atoms with Crippen LogP contribution in [0.25, 0.3) is 0 Å². The Hall–Kier alpha value is -0.520. The number of aliphatic hydroxyl groups is 1. The summed E-state index contributed by atoms with van der Waals surface area (Å²) < 4.78 is 5.90. The molecular weight excluding hydrogens is 308 g/mol. The molecule has 4 aliphatic carbocycles. The van der Waals surface area contributed by atoms with Gasteiger partial charge in [0, 0.05) is 13.5 Å². The second kappa shape index (κ2) is 6.00. The van der Waals surface area contributed by atoms with E-state index in [0.717, 1.165) is 37.0 Å². The van der Waals surface area contributed by atoms with Gasteiger partial charge in [0.05, 0.1) is 11.7 Å². The third-order valence-corrected chi connectivity index (χ3v) is 9.45. The first kappa shape index (κ1) is 17.9. The highest BCUT2D eigenvalue weighted by atomic mass is 16.5. The van der Waals surface area contributed by atoms with Crippen molar-refractivity contribution in [1.29, 1.82) is 0 Å². The van der Waals surface area contributed by atoms with E-state index < -0.39 is 5.60 Å². The van der Waals surface area contributed by atoms with Crippen LogP contribution in [0.5, 0.6) is 0 Å². The molecule has 4 saturated carbocycles. The Kier molecular flexibility index (Phi) is 4.29. The average molecular weight is 345 g/mol. The summed E-state index contributed by atoms with van der Waals surface area (Å²) in [7, 11) is 1.91. The number of rotatable bonds is 2. The maximum atomic E-state index is 10.9. The number of ether oxygens (including phenoxy) is 1. The average Bonchev–Trinajstić information content (AvgIpc) is 2.92. The summed E-state index contributed by atoms with van der Waals surface area (Å²) in [6, 6.07) is 0. The van der Waals surface area contributed by atoms with Gasteiger partial charge in [-0.1, -0.05) is 13.8 Å². The minimum atomic E-state index is -0.594. The minimum absolute atomic E-state index is 0.401. The Morgan fingerprint density at radius 1 is 1.00 bits per heavy atom. The zero-order chi connectivity index (χ0) is 17.9. The highest BCUT2D eigenvalue weighted by molar-refractivity contribution is 5.12. The van der Waals surface area contributed by atoms with E-state index in [1.165, 1.54) is 38.5 Å². The normalized spacial score (nSPS) is 54.9. The van der Waals surface area contributed by atoms with Gasteiger partial charge in [-0.2, -0.15) is 0 Å². The smallest absolute Gasteiger partial charge is 0.0759 e.